The van der Waals surface area contributed by atoms with Crippen molar-refractivity contribution in [2.24, 2.45) is 30.4 Å². The molecule has 6 amide bonds. The predicted octanol–water partition coefficient (Wildman–Crippen LogP) is 2.05. The van der Waals surface area contributed by atoms with Crippen molar-refractivity contribution in [1.82, 2.24) is 30.0 Å². The van der Waals surface area contributed by atoms with Gasteiger partial charge in [0.05, 0.1) is 49.0 Å². The fourth-order valence-electron chi connectivity index (χ4n) is 9.05. The smallest absolute Gasteiger partial charge is 0.329 e. The zero-order valence-electron chi connectivity index (χ0n) is 38.6. The zero-order valence-corrected chi connectivity index (χ0v) is 38.6. The van der Waals surface area contributed by atoms with Gasteiger partial charge in [-0.05, 0) is 98.9 Å². The average Bonchev–Trinajstić information content (AvgIpc) is 3.89. The van der Waals surface area contributed by atoms with E-state index in [0.29, 0.717) is 57.2 Å². The van der Waals surface area contributed by atoms with Crippen LogP contribution >= 0.6 is 0 Å². The van der Waals surface area contributed by atoms with E-state index in [1.165, 1.54) is 9.13 Å². The molecule has 1 aromatic heterocycles. The fourth-order valence-corrected chi connectivity index (χ4v) is 9.05. The van der Waals surface area contributed by atoms with Crippen molar-refractivity contribution < 1.29 is 43.0 Å². The van der Waals surface area contributed by atoms with E-state index < -0.39 is 42.1 Å². The number of amides is 6. The van der Waals surface area contributed by atoms with Crippen molar-refractivity contribution in [3.05, 3.63) is 69.6 Å². The molecule has 18 nitrogen and oxygen atoms in total. The lowest BCUT2D eigenvalue weighted by molar-refractivity contribution is -0.141. The number of imide groups is 1. The summed E-state index contributed by atoms with van der Waals surface area (Å²) in [4.78, 5) is 89.7. The number of ether oxygens (including phenoxy) is 3. The van der Waals surface area contributed by atoms with E-state index in [1.54, 1.807) is 11.9 Å². The Balaban J connectivity index is 0.828. The first-order chi connectivity index (χ1) is 31.7. The Morgan fingerprint density at radius 1 is 0.909 bits per heavy atom. The molecule has 3 aliphatic rings. The Hall–Kier alpha value is -5.43. The lowest BCUT2D eigenvalue weighted by Gasteiger charge is -2.32. The number of hydrogen-bond acceptors (Lipinski definition) is 11. The number of primary amides is 1. The number of nitrogens with one attached hydrogen (secondary N) is 3. The Labute approximate surface area is 385 Å². The number of hydrogen-bond donors (Lipinski definition) is 5. The minimum Gasteiger partial charge on any atom is -0.379 e. The number of nitrogens with two attached hydrogens (primary N) is 2. The van der Waals surface area contributed by atoms with Gasteiger partial charge in [0.1, 0.15) is 18.7 Å². The summed E-state index contributed by atoms with van der Waals surface area (Å²) in [5.41, 5.74) is 15.8. The molecule has 18 heteroatoms. The summed E-state index contributed by atoms with van der Waals surface area (Å²) in [6.45, 7) is 6.32. The summed E-state index contributed by atoms with van der Waals surface area (Å²) < 4.78 is 20.4. The van der Waals surface area contributed by atoms with Crippen molar-refractivity contribution >= 4 is 46.5 Å². The summed E-state index contributed by atoms with van der Waals surface area (Å²) in [5.74, 6) is -1.43. The van der Waals surface area contributed by atoms with Crippen molar-refractivity contribution in [2.45, 2.75) is 128 Å². The third-order valence-electron chi connectivity index (χ3n) is 13.0. The summed E-state index contributed by atoms with van der Waals surface area (Å²) in [6, 6.07) is 11.3. The maximum Gasteiger partial charge on any atom is 0.329 e. The molecule has 360 valence electrons. The highest BCUT2D eigenvalue weighted by atomic mass is 16.5. The van der Waals surface area contributed by atoms with E-state index in [4.69, 9.17) is 25.7 Å². The number of carbonyl (C=O) groups is 6. The van der Waals surface area contributed by atoms with Gasteiger partial charge in [0.2, 0.25) is 35.4 Å². The van der Waals surface area contributed by atoms with Gasteiger partial charge in [-0.2, -0.15) is 0 Å². The highest BCUT2D eigenvalue weighted by molar-refractivity contribution is 6.00. The largest absolute Gasteiger partial charge is 0.379 e. The second kappa shape index (κ2) is 23.8. The molecule has 2 aromatic carbocycles. The number of imidazole rings is 1. The standard InChI is InChI=1S/C48H68N8O10/c1-4-5-10-36(49)47(62)55-27-34-26-35(34)44(55)46(61)52-37(16-19-41(50)57)30(2)66-28-33-13-11-31(12-14-33)8-6-21-51-43(59)29-65-24-23-64-22-7-9-32-15-17-38-40(25-32)54(3)48(63)56(38)39-18-20-42(58)53-45(39)60/h11-15,17,25,30,34-37,39,44H,4-10,16,18-24,26-29,49H2,1-3H3,(H2,50,57)(H,51,59)(H,52,61)(H,53,58,60)/t30-,34?,35-,36+,37+,39?,44+/m1/s1. The normalized spacial score (nSPS) is 20.4. The van der Waals surface area contributed by atoms with Gasteiger partial charge in [-0.1, -0.05) is 50.1 Å². The Bertz CT molecular complexity index is 2240. The van der Waals surface area contributed by atoms with Crippen molar-refractivity contribution in [1.29, 1.82) is 0 Å². The topological polar surface area (TPSA) is 248 Å². The number of nitrogens with zero attached hydrogens (tertiary/aromatic N) is 3. The molecule has 0 bridgehead atoms. The van der Waals surface area contributed by atoms with E-state index in [-0.39, 0.29) is 67.7 Å². The first-order valence-electron chi connectivity index (χ1n) is 23.6. The molecular formula is C48H68N8O10. The van der Waals surface area contributed by atoms with Crippen LogP contribution in [0.2, 0.25) is 0 Å². The van der Waals surface area contributed by atoms with Crippen LogP contribution in [-0.2, 0) is 69.5 Å². The molecule has 3 fully saturated rings. The van der Waals surface area contributed by atoms with Crippen LogP contribution < -0.4 is 33.1 Å². The molecular weight excluding hydrogens is 849 g/mol. The number of unbranched alkanes of at least 4 members (excludes halogenated alkanes) is 1. The number of benzene rings is 2. The monoisotopic (exact) mass is 917 g/mol. The minimum atomic E-state index is -0.720. The van der Waals surface area contributed by atoms with Gasteiger partial charge in [0.15, 0.2) is 0 Å². The summed E-state index contributed by atoms with van der Waals surface area (Å²) in [5, 5.41) is 8.31. The quantitative estimate of drug-likeness (QED) is 0.0547. The predicted molar refractivity (Wildman–Crippen MR) is 246 cm³/mol. The second-order valence-electron chi connectivity index (χ2n) is 18.0. The lowest BCUT2D eigenvalue weighted by atomic mass is 10.0. The van der Waals surface area contributed by atoms with Gasteiger partial charge in [0.25, 0.3) is 0 Å². The van der Waals surface area contributed by atoms with Crippen LogP contribution in [0.1, 0.15) is 101 Å². The number of aromatic nitrogens is 2. The molecule has 0 radical (unpaired) electrons. The van der Waals surface area contributed by atoms with Gasteiger partial charge < -0.3 is 41.2 Å². The van der Waals surface area contributed by atoms with Gasteiger partial charge in [0, 0.05) is 39.6 Å². The van der Waals surface area contributed by atoms with Crippen LogP contribution in [0.5, 0.6) is 0 Å². The van der Waals surface area contributed by atoms with E-state index in [1.807, 2.05) is 56.3 Å². The SMILES string of the molecule is CCCC[C@H](N)C(=O)N1CC2C[C@H]2[C@H]1C(=O)N[C@@H](CCC(N)=O)[C@@H](C)OCc1ccc(CCCNC(=O)COCCOCCCc2ccc3c(c2)n(C)c(=O)n3C2CCC(=O)NC2=O)cc1. The number of fused-ring (bicyclic) bond motifs is 2. The van der Waals surface area contributed by atoms with Gasteiger partial charge in [-0.25, -0.2) is 4.79 Å². The maximum absolute atomic E-state index is 13.7. The van der Waals surface area contributed by atoms with Crippen LogP contribution in [0.15, 0.2) is 47.3 Å². The van der Waals surface area contributed by atoms with Crippen LogP contribution in [0.3, 0.4) is 0 Å². The molecule has 7 N–H and O–H groups in total. The van der Waals surface area contributed by atoms with Crippen LogP contribution in [0.25, 0.3) is 11.0 Å². The Kier molecular flexibility index (Phi) is 18.1. The van der Waals surface area contributed by atoms with Crippen molar-refractivity contribution in [3.8, 4) is 0 Å². The molecule has 3 heterocycles. The number of carbonyl (C=O) groups excluding carboxylic acids is 6. The van der Waals surface area contributed by atoms with Gasteiger partial charge >= 0.3 is 5.69 Å². The van der Waals surface area contributed by atoms with E-state index in [0.717, 1.165) is 67.2 Å². The number of rotatable bonds is 27. The van der Waals surface area contributed by atoms with Crippen LogP contribution in [0, 0.1) is 11.8 Å². The molecule has 0 spiro atoms. The highest BCUT2D eigenvalue weighted by Crippen LogP contribution is 2.50. The fraction of sp³-hybridized carbons (Fsp3) is 0.604. The van der Waals surface area contributed by atoms with E-state index in [2.05, 4.69) is 16.0 Å². The second-order valence-corrected chi connectivity index (χ2v) is 18.0. The van der Waals surface area contributed by atoms with Crippen molar-refractivity contribution in [3.63, 3.8) is 0 Å². The Morgan fingerprint density at radius 3 is 2.38 bits per heavy atom. The average molecular weight is 917 g/mol. The summed E-state index contributed by atoms with van der Waals surface area (Å²) >= 11 is 0. The molecule has 3 aromatic rings. The maximum atomic E-state index is 13.7. The number of likely N-dealkylation sites (tertiary alicyclic amines) is 1. The molecule has 6 rings (SSSR count). The van der Waals surface area contributed by atoms with Crippen LogP contribution in [-0.4, -0.2) is 113 Å². The Morgan fingerprint density at radius 2 is 1.64 bits per heavy atom. The van der Waals surface area contributed by atoms with Gasteiger partial charge in [-0.15, -0.1) is 0 Å². The minimum absolute atomic E-state index is 0.0612. The molecule has 2 saturated heterocycles. The molecule has 1 aliphatic carbocycles. The molecule has 7 atom stereocenters. The molecule has 1 saturated carbocycles. The number of piperidine rings is 2. The van der Waals surface area contributed by atoms with Gasteiger partial charge in [-0.3, -0.25) is 43.2 Å². The first-order valence-corrected chi connectivity index (χ1v) is 23.6. The molecule has 2 aliphatic heterocycles. The number of aryl methyl sites for hydroxylation is 3. The van der Waals surface area contributed by atoms with Crippen LogP contribution in [0.4, 0.5) is 0 Å². The first kappa shape index (κ1) is 50.0. The third kappa shape index (κ3) is 13.4. The van der Waals surface area contributed by atoms with E-state index in [9.17, 15) is 33.6 Å². The molecule has 2 unspecified atom stereocenters. The highest BCUT2D eigenvalue weighted by Gasteiger charge is 2.57. The summed E-state index contributed by atoms with van der Waals surface area (Å²) in [6.07, 6.45) is 6.70. The zero-order chi connectivity index (χ0) is 47.3. The lowest BCUT2D eigenvalue weighted by Crippen LogP contribution is -2.56. The van der Waals surface area contributed by atoms with Crippen molar-refractivity contribution in [2.75, 3.05) is 39.5 Å². The molecule has 66 heavy (non-hydrogen) atoms. The summed E-state index contributed by atoms with van der Waals surface area (Å²) in [7, 11) is 1.67. The van der Waals surface area contributed by atoms with E-state index >= 15 is 0 Å². The third-order valence-corrected chi connectivity index (χ3v) is 13.0.